The molecule has 0 amide bonds. The van der Waals surface area contributed by atoms with Crippen LogP contribution in [0.3, 0.4) is 0 Å². The summed E-state index contributed by atoms with van der Waals surface area (Å²) in [5.74, 6) is -1.88. The van der Waals surface area contributed by atoms with E-state index in [4.69, 9.17) is 4.74 Å². The Bertz CT molecular complexity index is 1230. The van der Waals surface area contributed by atoms with Gasteiger partial charge in [-0.15, -0.1) is 0 Å². The van der Waals surface area contributed by atoms with E-state index in [-0.39, 0.29) is 6.54 Å². The summed E-state index contributed by atoms with van der Waals surface area (Å²) in [6.07, 6.45) is -3.22. The molecular weight excluding hydrogens is 421 g/mol. The summed E-state index contributed by atoms with van der Waals surface area (Å²) in [5, 5.41) is 3.88. The van der Waals surface area contributed by atoms with Gasteiger partial charge in [0.05, 0.1) is 17.8 Å². The van der Waals surface area contributed by atoms with Gasteiger partial charge in [-0.3, -0.25) is 4.98 Å². The number of carbonyl (C=O) groups excluding carboxylic acids is 1. The van der Waals surface area contributed by atoms with Gasteiger partial charge in [0.1, 0.15) is 18.2 Å². The van der Waals surface area contributed by atoms with Crippen LogP contribution in [0.4, 0.5) is 19.0 Å². The number of hydrogen-bond donors (Lipinski definition) is 1. The molecule has 1 N–H and O–H groups in total. The summed E-state index contributed by atoms with van der Waals surface area (Å²) >= 11 is 0. The number of anilines is 1. The molecule has 0 aliphatic carbocycles. The van der Waals surface area contributed by atoms with Gasteiger partial charge in [-0.25, -0.2) is 14.8 Å². The zero-order chi connectivity index (χ0) is 22.6. The highest BCUT2D eigenvalue weighted by Crippen LogP contribution is 2.26. The Morgan fingerprint density at radius 1 is 0.969 bits per heavy atom. The lowest BCUT2D eigenvalue weighted by atomic mass is 10.1. The third kappa shape index (κ3) is 5.00. The lowest BCUT2D eigenvalue weighted by molar-refractivity contribution is -0.204. The van der Waals surface area contributed by atoms with Gasteiger partial charge in [-0.2, -0.15) is 13.2 Å². The van der Waals surface area contributed by atoms with Crippen LogP contribution >= 0.6 is 0 Å². The highest BCUT2D eigenvalue weighted by Gasteiger charge is 2.42. The number of ether oxygens (including phenoxy) is 1. The fourth-order valence-electron chi connectivity index (χ4n) is 3.11. The van der Waals surface area contributed by atoms with Gasteiger partial charge in [0.15, 0.2) is 0 Å². The minimum atomic E-state index is -5.09. The number of para-hydroxylation sites is 1. The first-order valence-corrected chi connectivity index (χ1v) is 9.64. The van der Waals surface area contributed by atoms with E-state index in [1.807, 2.05) is 30.3 Å². The summed E-state index contributed by atoms with van der Waals surface area (Å²) in [4.78, 5) is 24.2. The molecule has 162 valence electrons. The molecule has 0 fully saturated rings. The van der Waals surface area contributed by atoms with Gasteiger partial charge >= 0.3 is 12.1 Å². The third-order valence-corrected chi connectivity index (χ3v) is 4.67. The predicted molar refractivity (Wildman–Crippen MR) is 113 cm³/mol. The van der Waals surface area contributed by atoms with Crippen molar-refractivity contribution >= 4 is 22.7 Å². The van der Waals surface area contributed by atoms with E-state index in [1.165, 1.54) is 6.33 Å². The van der Waals surface area contributed by atoms with Crippen molar-refractivity contribution in [2.75, 3.05) is 11.9 Å². The van der Waals surface area contributed by atoms with Crippen LogP contribution in [0, 0.1) is 0 Å². The topological polar surface area (TPSA) is 77.0 Å². The van der Waals surface area contributed by atoms with Crippen LogP contribution < -0.4 is 5.32 Å². The molecular formula is C23H17F3N4O2. The predicted octanol–water partition coefficient (Wildman–Crippen LogP) is 4.95. The largest absolute Gasteiger partial charge is 0.490 e. The fourth-order valence-corrected chi connectivity index (χ4v) is 3.11. The molecule has 0 saturated heterocycles. The standard InChI is InChI=1S/C23H17F3N4O2/c24-23(25,26)22(31)32-20(15-6-2-1-3-7-15)13-28-21-11-19(29-14-30-21)17-10-16-8-4-5-9-18(16)27-12-17/h1-12,14,20H,13H2,(H,28,29,30)/t20-/m0/s1. The van der Waals surface area contributed by atoms with Gasteiger partial charge in [-0.05, 0) is 17.7 Å². The average Bonchev–Trinajstić information content (AvgIpc) is 2.81. The Balaban J connectivity index is 1.54. The molecule has 1 atom stereocenters. The van der Waals surface area contributed by atoms with Gasteiger partial charge in [0.25, 0.3) is 0 Å². The summed E-state index contributed by atoms with van der Waals surface area (Å²) in [5.41, 5.74) is 2.62. The van der Waals surface area contributed by atoms with E-state index in [1.54, 1.807) is 42.6 Å². The number of nitrogens with one attached hydrogen (secondary N) is 1. The Hall–Kier alpha value is -4.01. The second-order valence-corrected chi connectivity index (χ2v) is 6.89. The van der Waals surface area contributed by atoms with Crippen LogP contribution in [-0.2, 0) is 9.53 Å². The van der Waals surface area contributed by atoms with Crippen LogP contribution in [0.15, 0.2) is 79.3 Å². The molecule has 2 heterocycles. The number of carbonyl (C=O) groups is 1. The number of halogens is 3. The molecule has 0 spiro atoms. The van der Waals surface area contributed by atoms with E-state index in [0.717, 1.165) is 16.5 Å². The smallest absolute Gasteiger partial charge is 0.449 e. The lowest BCUT2D eigenvalue weighted by Gasteiger charge is -2.20. The number of pyridine rings is 1. The number of alkyl halides is 3. The number of nitrogens with zero attached hydrogens (tertiary/aromatic N) is 3. The van der Waals surface area contributed by atoms with Gasteiger partial charge in [0.2, 0.25) is 0 Å². The van der Waals surface area contributed by atoms with Crippen molar-refractivity contribution in [3.05, 3.63) is 84.8 Å². The fraction of sp³-hybridized carbons (Fsp3) is 0.130. The summed E-state index contributed by atoms with van der Waals surface area (Å²) in [7, 11) is 0. The number of hydrogen-bond acceptors (Lipinski definition) is 6. The SMILES string of the molecule is O=C(O[C@@H](CNc1cc(-c2cnc3ccccc3c2)ncn1)c1ccccc1)C(F)(F)F. The number of aromatic nitrogens is 3. The molecule has 0 saturated carbocycles. The molecule has 2 aromatic carbocycles. The highest BCUT2D eigenvalue weighted by atomic mass is 19.4. The van der Waals surface area contributed by atoms with Crippen LogP contribution in [0.5, 0.6) is 0 Å². The summed E-state index contributed by atoms with van der Waals surface area (Å²) < 4.78 is 42.9. The van der Waals surface area contributed by atoms with Crippen molar-refractivity contribution in [2.24, 2.45) is 0 Å². The zero-order valence-electron chi connectivity index (χ0n) is 16.6. The second-order valence-electron chi connectivity index (χ2n) is 6.89. The first kappa shape index (κ1) is 21.2. The van der Waals surface area contributed by atoms with Crippen molar-refractivity contribution in [3.63, 3.8) is 0 Å². The van der Waals surface area contributed by atoms with Gasteiger partial charge in [-0.1, -0.05) is 48.5 Å². The van der Waals surface area contributed by atoms with Crippen LogP contribution in [0.2, 0.25) is 0 Å². The molecule has 0 unspecified atom stereocenters. The van der Waals surface area contributed by atoms with Gasteiger partial charge < -0.3 is 10.1 Å². The minimum absolute atomic E-state index is 0.113. The maximum Gasteiger partial charge on any atom is 0.490 e. The number of esters is 1. The molecule has 6 nitrogen and oxygen atoms in total. The lowest BCUT2D eigenvalue weighted by Crippen LogP contribution is -2.29. The van der Waals surface area contributed by atoms with E-state index >= 15 is 0 Å². The maximum absolute atomic E-state index is 12.7. The molecule has 0 bridgehead atoms. The maximum atomic E-state index is 12.7. The molecule has 4 aromatic rings. The molecule has 32 heavy (non-hydrogen) atoms. The first-order chi connectivity index (χ1) is 15.4. The molecule has 0 aliphatic rings. The van der Waals surface area contributed by atoms with E-state index in [9.17, 15) is 18.0 Å². The second kappa shape index (κ2) is 9.01. The number of benzene rings is 2. The minimum Gasteiger partial charge on any atom is -0.449 e. The van der Waals surface area contributed by atoms with Crippen molar-refractivity contribution in [3.8, 4) is 11.3 Å². The Morgan fingerprint density at radius 3 is 2.50 bits per heavy atom. The Labute approximate surface area is 181 Å². The van der Waals surface area contributed by atoms with Crippen LogP contribution in [0.25, 0.3) is 22.2 Å². The van der Waals surface area contributed by atoms with E-state index < -0.39 is 18.2 Å². The van der Waals surface area contributed by atoms with Crippen molar-refractivity contribution in [2.45, 2.75) is 12.3 Å². The zero-order valence-corrected chi connectivity index (χ0v) is 16.6. The monoisotopic (exact) mass is 438 g/mol. The molecule has 0 radical (unpaired) electrons. The molecule has 2 aromatic heterocycles. The first-order valence-electron chi connectivity index (χ1n) is 9.64. The number of fused-ring (bicyclic) bond motifs is 1. The molecule has 9 heteroatoms. The summed E-state index contributed by atoms with van der Waals surface area (Å²) in [6.45, 7) is -0.113. The normalized spacial score (nSPS) is 12.3. The number of rotatable bonds is 6. The quantitative estimate of drug-likeness (QED) is 0.429. The summed E-state index contributed by atoms with van der Waals surface area (Å²) in [6, 6.07) is 19.4. The Morgan fingerprint density at radius 2 is 1.72 bits per heavy atom. The van der Waals surface area contributed by atoms with Crippen molar-refractivity contribution < 1.29 is 22.7 Å². The Kier molecular flexibility index (Phi) is 5.98. The van der Waals surface area contributed by atoms with Crippen molar-refractivity contribution in [1.82, 2.24) is 15.0 Å². The highest BCUT2D eigenvalue weighted by molar-refractivity contribution is 5.83. The molecule has 0 aliphatic heterocycles. The van der Waals surface area contributed by atoms with Crippen LogP contribution in [0.1, 0.15) is 11.7 Å². The van der Waals surface area contributed by atoms with Gasteiger partial charge in [0, 0.05) is 23.2 Å². The molecule has 4 rings (SSSR count). The van der Waals surface area contributed by atoms with Crippen LogP contribution in [-0.4, -0.2) is 33.6 Å². The van der Waals surface area contributed by atoms with Crippen molar-refractivity contribution in [1.29, 1.82) is 0 Å². The third-order valence-electron chi connectivity index (χ3n) is 4.67. The average molecular weight is 438 g/mol. The van der Waals surface area contributed by atoms with E-state index in [0.29, 0.717) is 17.1 Å². The van der Waals surface area contributed by atoms with E-state index in [2.05, 4.69) is 20.3 Å².